The van der Waals surface area contributed by atoms with Crippen molar-refractivity contribution in [2.24, 2.45) is 0 Å². The maximum atomic E-state index is 13.2. The normalized spacial score (nSPS) is 20.1. The fourth-order valence-electron chi connectivity index (χ4n) is 4.08. The molecule has 1 aliphatic heterocycles. The molecule has 3 aromatic rings. The highest BCUT2D eigenvalue weighted by molar-refractivity contribution is 6.30. The van der Waals surface area contributed by atoms with Crippen molar-refractivity contribution in [2.75, 3.05) is 5.73 Å². The predicted octanol–water partition coefficient (Wildman–Crippen LogP) is 2.66. The highest BCUT2D eigenvalue weighted by atomic mass is 35.5. The molecule has 158 valence electrons. The first-order chi connectivity index (χ1) is 14.7. The van der Waals surface area contributed by atoms with Crippen LogP contribution in [0.15, 0.2) is 47.0 Å². The van der Waals surface area contributed by atoms with Gasteiger partial charge in [0.15, 0.2) is 5.43 Å². The summed E-state index contributed by atoms with van der Waals surface area (Å²) < 4.78 is 0. The number of H-pyrrole nitrogens is 1. The van der Waals surface area contributed by atoms with Crippen molar-refractivity contribution in [3.05, 3.63) is 74.3 Å². The molecule has 1 fully saturated rings. The number of nitrogens with zero attached hydrogens (tertiary/aromatic N) is 2. The average molecular weight is 438 g/mol. The molecular weight excluding hydrogens is 418 g/mol. The molecule has 0 bridgehead atoms. The lowest BCUT2D eigenvalue weighted by molar-refractivity contribution is -0.120. The summed E-state index contributed by atoms with van der Waals surface area (Å²) in [7, 11) is 0. The Balaban J connectivity index is 1.95. The number of nitrogens with one attached hydrogen (secondary N) is 2. The Morgan fingerprint density at radius 3 is 2.71 bits per heavy atom. The van der Waals surface area contributed by atoms with Crippen LogP contribution in [0.25, 0.3) is 16.5 Å². The van der Waals surface area contributed by atoms with Crippen LogP contribution in [-0.2, 0) is 15.3 Å². The molecule has 2 aromatic heterocycles. The SMILES string of the molecule is C/C(=C1\C(=O)NC(C)(c2cccc(Cl)c2)N1C=O)c1c(C)[nH]c2cc(N)ncc2c1=O. The largest absolute Gasteiger partial charge is 0.384 e. The number of aromatic nitrogens is 2. The first-order valence-corrected chi connectivity index (χ1v) is 9.87. The van der Waals surface area contributed by atoms with Crippen molar-refractivity contribution >= 4 is 46.2 Å². The topological polar surface area (TPSA) is 121 Å². The van der Waals surface area contributed by atoms with Gasteiger partial charge in [-0.1, -0.05) is 23.7 Å². The van der Waals surface area contributed by atoms with Crippen LogP contribution in [0.1, 0.15) is 30.7 Å². The number of carbonyl (C=O) groups is 2. The molecule has 31 heavy (non-hydrogen) atoms. The first kappa shape index (κ1) is 20.6. The summed E-state index contributed by atoms with van der Waals surface area (Å²) >= 11 is 6.12. The van der Waals surface area contributed by atoms with Gasteiger partial charge in [-0.05, 0) is 44.0 Å². The number of fused-ring (bicyclic) bond motifs is 1. The Morgan fingerprint density at radius 2 is 2.03 bits per heavy atom. The van der Waals surface area contributed by atoms with E-state index in [1.165, 1.54) is 11.1 Å². The Hall–Kier alpha value is -3.65. The Kier molecular flexibility index (Phi) is 4.82. The lowest BCUT2D eigenvalue weighted by Gasteiger charge is -2.32. The van der Waals surface area contributed by atoms with E-state index in [0.717, 1.165) is 0 Å². The number of rotatable bonds is 3. The van der Waals surface area contributed by atoms with Gasteiger partial charge in [0.25, 0.3) is 5.91 Å². The van der Waals surface area contributed by atoms with Gasteiger partial charge in [0, 0.05) is 28.5 Å². The van der Waals surface area contributed by atoms with Gasteiger partial charge in [-0.2, -0.15) is 0 Å². The van der Waals surface area contributed by atoms with Gasteiger partial charge < -0.3 is 16.0 Å². The van der Waals surface area contributed by atoms with Crippen molar-refractivity contribution in [3.8, 4) is 0 Å². The van der Waals surface area contributed by atoms with Crippen LogP contribution in [0.5, 0.6) is 0 Å². The number of aryl methyl sites for hydroxylation is 1. The van der Waals surface area contributed by atoms with Crippen LogP contribution in [-0.4, -0.2) is 27.2 Å². The molecular formula is C22H20ClN5O3. The standard InChI is InChI=1S/C22H20ClN5O3/c1-11(18-12(2)26-16-8-17(24)25-9-15(16)20(18)30)19-21(31)27-22(3,28(19)10-29)13-5-4-6-14(23)7-13/h4-10H,1-3H3,(H2,24,25)(H,26,30)(H,27,31)/b19-11-. The molecule has 1 saturated heterocycles. The molecule has 0 spiro atoms. The van der Waals surface area contributed by atoms with Crippen molar-refractivity contribution < 1.29 is 9.59 Å². The number of nitrogen functional groups attached to an aromatic ring is 1. The molecule has 0 aliphatic carbocycles. The van der Waals surface area contributed by atoms with Gasteiger partial charge in [-0.3, -0.25) is 19.3 Å². The molecule has 1 unspecified atom stereocenters. The fourth-order valence-corrected chi connectivity index (χ4v) is 4.27. The van der Waals surface area contributed by atoms with Crippen LogP contribution >= 0.6 is 11.6 Å². The average Bonchev–Trinajstić information content (AvgIpc) is 2.98. The van der Waals surface area contributed by atoms with Crippen LogP contribution < -0.4 is 16.5 Å². The second kappa shape index (κ2) is 7.24. The number of nitrogens with two attached hydrogens (primary N) is 1. The zero-order chi connectivity index (χ0) is 22.5. The van der Waals surface area contributed by atoms with Gasteiger partial charge in [0.05, 0.1) is 10.9 Å². The molecule has 0 radical (unpaired) electrons. The number of allylic oxidation sites excluding steroid dienone is 1. The van der Waals surface area contributed by atoms with E-state index in [-0.39, 0.29) is 16.9 Å². The van der Waals surface area contributed by atoms with E-state index in [1.807, 2.05) is 0 Å². The number of carbonyl (C=O) groups excluding carboxylic acids is 2. The van der Waals surface area contributed by atoms with Gasteiger partial charge >= 0.3 is 0 Å². The second-order valence-corrected chi connectivity index (χ2v) is 8.03. The monoisotopic (exact) mass is 437 g/mol. The summed E-state index contributed by atoms with van der Waals surface area (Å²) in [4.78, 5) is 46.8. The van der Waals surface area contributed by atoms with E-state index in [0.29, 0.717) is 44.7 Å². The van der Waals surface area contributed by atoms with Crippen molar-refractivity contribution in [1.29, 1.82) is 0 Å². The first-order valence-electron chi connectivity index (χ1n) is 9.50. The zero-order valence-corrected chi connectivity index (χ0v) is 17.9. The number of aromatic amines is 1. The highest BCUT2D eigenvalue weighted by Gasteiger charge is 2.46. The number of amides is 2. The molecule has 4 rings (SSSR count). The van der Waals surface area contributed by atoms with E-state index in [1.54, 1.807) is 51.1 Å². The van der Waals surface area contributed by atoms with Crippen LogP contribution in [0.4, 0.5) is 5.82 Å². The van der Waals surface area contributed by atoms with Gasteiger partial charge in [-0.15, -0.1) is 0 Å². The summed E-state index contributed by atoms with van der Waals surface area (Å²) in [5.74, 6) is -0.189. The molecule has 4 N–H and O–H groups in total. The summed E-state index contributed by atoms with van der Waals surface area (Å²) in [5.41, 5.74) is 6.73. The van der Waals surface area contributed by atoms with E-state index < -0.39 is 11.6 Å². The van der Waals surface area contributed by atoms with Crippen LogP contribution in [0, 0.1) is 6.92 Å². The van der Waals surface area contributed by atoms with Crippen molar-refractivity contribution in [3.63, 3.8) is 0 Å². The van der Waals surface area contributed by atoms with Crippen molar-refractivity contribution in [2.45, 2.75) is 26.4 Å². The summed E-state index contributed by atoms with van der Waals surface area (Å²) in [5, 5.41) is 3.67. The summed E-state index contributed by atoms with van der Waals surface area (Å²) in [6.07, 6.45) is 1.97. The molecule has 1 aromatic carbocycles. The second-order valence-electron chi connectivity index (χ2n) is 7.59. The number of hydrogen-bond acceptors (Lipinski definition) is 5. The molecule has 0 saturated carbocycles. The third-order valence-corrected chi connectivity index (χ3v) is 5.85. The number of benzene rings is 1. The quantitative estimate of drug-likeness (QED) is 0.429. The third-order valence-electron chi connectivity index (χ3n) is 5.61. The van der Waals surface area contributed by atoms with E-state index >= 15 is 0 Å². The van der Waals surface area contributed by atoms with Crippen LogP contribution in [0.2, 0.25) is 5.02 Å². The Bertz CT molecular complexity index is 1350. The molecule has 8 nitrogen and oxygen atoms in total. The number of hydrogen-bond donors (Lipinski definition) is 3. The molecule has 1 atom stereocenters. The smallest absolute Gasteiger partial charge is 0.270 e. The molecule has 1 aliphatic rings. The summed E-state index contributed by atoms with van der Waals surface area (Å²) in [6, 6.07) is 8.47. The minimum Gasteiger partial charge on any atom is -0.384 e. The molecule has 3 heterocycles. The highest BCUT2D eigenvalue weighted by Crippen LogP contribution is 2.37. The van der Waals surface area contributed by atoms with Gasteiger partial charge in [-0.25, -0.2) is 4.98 Å². The lowest BCUT2D eigenvalue weighted by Crippen LogP contribution is -2.45. The number of pyridine rings is 2. The third kappa shape index (κ3) is 3.16. The van der Waals surface area contributed by atoms with Crippen molar-refractivity contribution in [1.82, 2.24) is 20.2 Å². The maximum absolute atomic E-state index is 13.2. The predicted molar refractivity (Wildman–Crippen MR) is 119 cm³/mol. The number of anilines is 1. The number of halogens is 1. The Morgan fingerprint density at radius 1 is 1.29 bits per heavy atom. The fraction of sp³-hybridized carbons (Fsp3) is 0.182. The summed E-state index contributed by atoms with van der Waals surface area (Å²) in [6.45, 7) is 5.07. The van der Waals surface area contributed by atoms with E-state index in [9.17, 15) is 14.4 Å². The van der Waals surface area contributed by atoms with Crippen LogP contribution in [0.3, 0.4) is 0 Å². The minimum atomic E-state index is -1.16. The van der Waals surface area contributed by atoms with E-state index in [2.05, 4.69) is 15.3 Å². The minimum absolute atomic E-state index is 0.0915. The van der Waals surface area contributed by atoms with Gasteiger partial charge in [0.2, 0.25) is 6.41 Å². The lowest BCUT2D eigenvalue weighted by atomic mass is 9.99. The van der Waals surface area contributed by atoms with E-state index in [4.69, 9.17) is 17.3 Å². The molecule has 9 heteroatoms. The van der Waals surface area contributed by atoms with Gasteiger partial charge in [0.1, 0.15) is 17.2 Å². The maximum Gasteiger partial charge on any atom is 0.270 e. The molecule has 2 amide bonds. The zero-order valence-electron chi connectivity index (χ0n) is 17.1. The Labute approximate surface area is 182 Å².